The zero-order chi connectivity index (χ0) is 15.9. The van der Waals surface area contributed by atoms with Crippen LogP contribution >= 0.6 is 0 Å². The number of carbonyl (C=O) groups excluding carboxylic acids is 2. The minimum Gasteiger partial charge on any atom is -0.465 e. The van der Waals surface area contributed by atoms with Gasteiger partial charge in [-0.1, -0.05) is 12.8 Å². The summed E-state index contributed by atoms with van der Waals surface area (Å²) in [4.78, 5) is 24.1. The number of hydrogen-bond donors (Lipinski definition) is 0. The molecule has 0 N–H and O–H groups in total. The van der Waals surface area contributed by atoms with Crippen molar-refractivity contribution in [3.8, 4) is 0 Å². The van der Waals surface area contributed by atoms with Crippen LogP contribution in [0.3, 0.4) is 0 Å². The molecule has 0 heterocycles. The maximum absolute atomic E-state index is 12.1. The van der Waals surface area contributed by atoms with Gasteiger partial charge in [0.15, 0.2) is 0 Å². The molecule has 5 nitrogen and oxygen atoms in total. The van der Waals surface area contributed by atoms with E-state index in [-0.39, 0.29) is 24.5 Å². The molecule has 0 aliphatic heterocycles. The Morgan fingerprint density at radius 3 is 2.33 bits per heavy atom. The largest absolute Gasteiger partial charge is 0.465 e. The highest BCUT2D eigenvalue weighted by atomic mass is 16.6. The molecule has 1 aliphatic rings. The van der Waals surface area contributed by atoms with Crippen molar-refractivity contribution in [2.24, 2.45) is 11.8 Å². The molecule has 0 aromatic rings. The first-order valence-electron chi connectivity index (χ1n) is 7.72. The second-order valence-electron chi connectivity index (χ2n) is 6.62. The van der Waals surface area contributed by atoms with Crippen molar-refractivity contribution < 1.29 is 23.8 Å². The van der Waals surface area contributed by atoms with Crippen LogP contribution in [-0.4, -0.2) is 37.9 Å². The molecule has 0 radical (unpaired) electrons. The Kier molecular flexibility index (Phi) is 7.15. The van der Waals surface area contributed by atoms with Crippen LogP contribution in [0, 0.1) is 11.8 Å². The van der Waals surface area contributed by atoms with E-state index in [1.165, 1.54) is 0 Å². The smallest absolute Gasteiger partial charge is 0.313 e. The number of rotatable bonds is 7. The summed E-state index contributed by atoms with van der Waals surface area (Å²) in [7, 11) is 1.58. The first-order valence-corrected chi connectivity index (χ1v) is 7.72. The summed E-state index contributed by atoms with van der Waals surface area (Å²) < 4.78 is 15.7. The standard InChI is InChI=1S/C16H28O5/c1-16(2,3)21-15(18)13(9-10-19-4)11-20-14(17)12-7-5-6-8-12/h12-13H,5-11H2,1-4H3. The minimum absolute atomic E-state index is 0.00621. The van der Waals surface area contributed by atoms with Crippen molar-refractivity contribution in [3.05, 3.63) is 0 Å². The van der Waals surface area contributed by atoms with Crippen LogP contribution in [0.25, 0.3) is 0 Å². The second kappa shape index (κ2) is 8.37. The van der Waals surface area contributed by atoms with Crippen LogP contribution in [0.2, 0.25) is 0 Å². The van der Waals surface area contributed by atoms with Crippen LogP contribution in [0.1, 0.15) is 52.9 Å². The van der Waals surface area contributed by atoms with Gasteiger partial charge in [-0.25, -0.2) is 0 Å². The van der Waals surface area contributed by atoms with Crippen LogP contribution in [0.4, 0.5) is 0 Å². The average Bonchev–Trinajstić information content (AvgIpc) is 2.90. The number of methoxy groups -OCH3 is 1. The fourth-order valence-corrected chi connectivity index (χ4v) is 2.38. The zero-order valence-electron chi connectivity index (χ0n) is 13.6. The maximum Gasteiger partial charge on any atom is 0.313 e. The van der Waals surface area contributed by atoms with E-state index < -0.39 is 11.5 Å². The monoisotopic (exact) mass is 300 g/mol. The predicted octanol–water partition coefficient (Wildman–Crippen LogP) is 2.71. The molecule has 1 atom stereocenters. The van der Waals surface area contributed by atoms with Gasteiger partial charge in [0.2, 0.25) is 0 Å². The van der Waals surface area contributed by atoms with Gasteiger partial charge in [0.05, 0.1) is 11.8 Å². The zero-order valence-corrected chi connectivity index (χ0v) is 13.6. The lowest BCUT2D eigenvalue weighted by Crippen LogP contribution is -2.32. The highest BCUT2D eigenvalue weighted by Gasteiger charge is 2.29. The lowest BCUT2D eigenvalue weighted by molar-refractivity contribution is -0.165. The SMILES string of the molecule is COCCC(COC(=O)C1CCCC1)C(=O)OC(C)(C)C. The van der Waals surface area contributed by atoms with Gasteiger partial charge in [-0.15, -0.1) is 0 Å². The Morgan fingerprint density at radius 1 is 1.19 bits per heavy atom. The summed E-state index contributed by atoms with van der Waals surface area (Å²) in [6, 6.07) is 0. The molecule has 21 heavy (non-hydrogen) atoms. The molecule has 1 unspecified atom stereocenters. The van der Waals surface area contributed by atoms with Gasteiger partial charge in [0, 0.05) is 13.7 Å². The molecule has 0 bridgehead atoms. The molecule has 1 saturated carbocycles. The normalized spacial score (nSPS) is 17.5. The van der Waals surface area contributed by atoms with Crippen molar-refractivity contribution in [1.29, 1.82) is 0 Å². The van der Waals surface area contributed by atoms with E-state index in [2.05, 4.69) is 0 Å². The predicted molar refractivity (Wildman–Crippen MR) is 78.7 cm³/mol. The molecule has 122 valence electrons. The van der Waals surface area contributed by atoms with E-state index in [9.17, 15) is 9.59 Å². The lowest BCUT2D eigenvalue weighted by atomic mass is 10.1. The van der Waals surface area contributed by atoms with Gasteiger partial charge >= 0.3 is 11.9 Å². The Bertz CT molecular complexity index is 339. The van der Waals surface area contributed by atoms with Crippen molar-refractivity contribution in [3.63, 3.8) is 0 Å². The number of ether oxygens (including phenoxy) is 3. The van der Waals surface area contributed by atoms with Crippen LogP contribution in [0.15, 0.2) is 0 Å². The summed E-state index contributed by atoms with van der Waals surface area (Å²) in [5.41, 5.74) is -0.544. The summed E-state index contributed by atoms with van der Waals surface area (Å²) >= 11 is 0. The number of carbonyl (C=O) groups is 2. The fourth-order valence-electron chi connectivity index (χ4n) is 2.38. The maximum atomic E-state index is 12.1. The van der Waals surface area contributed by atoms with E-state index in [1.807, 2.05) is 20.8 Å². The third-order valence-electron chi connectivity index (χ3n) is 3.53. The summed E-state index contributed by atoms with van der Waals surface area (Å²) in [6.45, 7) is 5.98. The number of esters is 2. The van der Waals surface area contributed by atoms with E-state index in [0.29, 0.717) is 13.0 Å². The quantitative estimate of drug-likeness (QED) is 0.676. The Hall–Kier alpha value is -1.10. The van der Waals surface area contributed by atoms with Crippen LogP contribution < -0.4 is 0 Å². The van der Waals surface area contributed by atoms with E-state index >= 15 is 0 Å². The van der Waals surface area contributed by atoms with E-state index in [4.69, 9.17) is 14.2 Å². The average molecular weight is 300 g/mol. The third kappa shape index (κ3) is 6.93. The first-order chi connectivity index (χ1) is 9.83. The minimum atomic E-state index is -0.544. The Balaban J connectivity index is 2.48. The molecule has 0 spiro atoms. The van der Waals surface area contributed by atoms with Crippen molar-refractivity contribution >= 4 is 11.9 Å². The van der Waals surface area contributed by atoms with Crippen LogP contribution in [-0.2, 0) is 23.8 Å². The Morgan fingerprint density at radius 2 is 1.81 bits per heavy atom. The van der Waals surface area contributed by atoms with Crippen LogP contribution in [0.5, 0.6) is 0 Å². The van der Waals surface area contributed by atoms with Gasteiger partial charge < -0.3 is 14.2 Å². The second-order valence-corrected chi connectivity index (χ2v) is 6.62. The lowest BCUT2D eigenvalue weighted by Gasteiger charge is -2.24. The third-order valence-corrected chi connectivity index (χ3v) is 3.53. The fraction of sp³-hybridized carbons (Fsp3) is 0.875. The number of hydrogen-bond acceptors (Lipinski definition) is 5. The molecule has 1 fully saturated rings. The van der Waals surface area contributed by atoms with Gasteiger partial charge in [-0.3, -0.25) is 9.59 Å². The van der Waals surface area contributed by atoms with Gasteiger partial charge in [0.1, 0.15) is 12.2 Å². The summed E-state index contributed by atoms with van der Waals surface area (Å²) in [5, 5.41) is 0. The summed E-state index contributed by atoms with van der Waals surface area (Å²) in [5.74, 6) is -0.974. The van der Waals surface area contributed by atoms with Crippen molar-refractivity contribution in [2.45, 2.75) is 58.5 Å². The molecule has 0 aromatic heterocycles. The highest BCUT2D eigenvalue weighted by Crippen LogP contribution is 2.26. The summed E-state index contributed by atoms with van der Waals surface area (Å²) in [6.07, 6.45) is 4.45. The molecule has 5 heteroatoms. The van der Waals surface area contributed by atoms with Crippen molar-refractivity contribution in [1.82, 2.24) is 0 Å². The molecule has 0 aromatic carbocycles. The van der Waals surface area contributed by atoms with Crippen molar-refractivity contribution in [2.75, 3.05) is 20.3 Å². The van der Waals surface area contributed by atoms with Gasteiger partial charge in [-0.05, 0) is 40.0 Å². The first kappa shape index (κ1) is 18.0. The molecule has 0 saturated heterocycles. The Labute approximate surface area is 127 Å². The molecular weight excluding hydrogens is 272 g/mol. The van der Waals surface area contributed by atoms with E-state index in [0.717, 1.165) is 25.7 Å². The molecular formula is C16H28O5. The van der Waals surface area contributed by atoms with Gasteiger partial charge in [-0.2, -0.15) is 0 Å². The molecule has 0 amide bonds. The van der Waals surface area contributed by atoms with E-state index in [1.54, 1.807) is 7.11 Å². The molecule has 1 aliphatic carbocycles. The highest BCUT2D eigenvalue weighted by molar-refractivity contribution is 5.75. The van der Waals surface area contributed by atoms with Gasteiger partial charge in [0.25, 0.3) is 0 Å². The topological polar surface area (TPSA) is 61.8 Å². The molecule has 1 rings (SSSR count).